The SMILES string of the molecule is C=C(C)c1cnc(N2C[C@@H](F)[C@H]2C)c2cnc(Cl)cc12. The fourth-order valence-electron chi connectivity index (χ4n) is 2.51. The predicted molar refractivity (Wildman–Crippen MR) is 81.0 cm³/mol. The lowest BCUT2D eigenvalue weighted by Gasteiger charge is -2.43. The van der Waals surface area contributed by atoms with Gasteiger partial charge in [-0.15, -0.1) is 0 Å². The highest BCUT2D eigenvalue weighted by Crippen LogP contribution is 2.35. The van der Waals surface area contributed by atoms with Gasteiger partial charge in [0.15, 0.2) is 0 Å². The summed E-state index contributed by atoms with van der Waals surface area (Å²) in [4.78, 5) is 10.6. The average molecular weight is 292 g/mol. The molecule has 0 saturated carbocycles. The summed E-state index contributed by atoms with van der Waals surface area (Å²) in [6.07, 6.45) is 2.67. The third-order valence-electron chi connectivity index (χ3n) is 3.84. The first-order valence-electron chi connectivity index (χ1n) is 6.50. The topological polar surface area (TPSA) is 29.0 Å². The lowest BCUT2D eigenvalue weighted by Crippen LogP contribution is -2.57. The van der Waals surface area contributed by atoms with E-state index in [1.807, 2.05) is 24.8 Å². The summed E-state index contributed by atoms with van der Waals surface area (Å²) < 4.78 is 13.4. The molecule has 3 heterocycles. The first-order valence-corrected chi connectivity index (χ1v) is 6.87. The average Bonchev–Trinajstić information content (AvgIpc) is 2.42. The molecule has 0 spiro atoms. The van der Waals surface area contributed by atoms with E-state index in [9.17, 15) is 4.39 Å². The minimum atomic E-state index is -0.798. The van der Waals surface area contributed by atoms with Crippen molar-refractivity contribution in [3.63, 3.8) is 0 Å². The maximum absolute atomic E-state index is 13.4. The van der Waals surface area contributed by atoms with Crippen molar-refractivity contribution in [2.24, 2.45) is 0 Å². The van der Waals surface area contributed by atoms with Crippen LogP contribution in [0, 0.1) is 0 Å². The molecule has 0 radical (unpaired) electrons. The van der Waals surface area contributed by atoms with Gasteiger partial charge in [-0.25, -0.2) is 14.4 Å². The van der Waals surface area contributed by atoms with Gasteiger partial charge in [-0.3, -0.25) is 0 Å². The molecule has 5 heteroatoms. The predicted octanol–water partition coefficient (Wildman–Crippen LogP) is 3.86. The fraction of sp³-hybridized carbons (Fsp3) is 0.333. The summed E-state index contributed by atoms with van der Waals surface area (Å²) in [5, 5.41) is 2.27. The van der Waals surface area contributed by atoms with Gasteiger partial charge in [0.05, 0.1) is 12.6 Å². The van der Waals surface area contributed by atoms with E-state index < -0.39 is 6.17 Å². The first kappa shape index (κ1) is 13.3. The Labute approximate surface area is 122 Å². The number of alkyl halides is 1. The van der Waals surface area contributed by atoms with Gasteiger partial charge in [0, 0.05) is 23.3 Å². The molecule has 0 amide bonds. The third kappa shape index (κ3) is 1.95. The van der Waals surface area contributed by atoms with Crippen molar-refractivity contribution in [3.8, 4) is 0 Å². The summed E-state index contributed by atoms with van der Waals surface area (Å²) in [5.41, 5.74) is 1.86. The molecule has 2 aromatic heterocycles. The second-order valence-electron chi connectivity index (χ2n) is 5.24. The molecule has 2 atom stereocenters. The molecule has 1 saturated heterocycles. The van der Waals surface area contributed by atoms with Gasteiger partial charge in [0.1, 0.15) is 17.1 Å². The number of pyridine rings is 2. The van der Waals surface area contributed by atoms with Crippen molar-refractivity contribution in [2.75, 3.05) is 11.4 Å². The summed E-state index contributed by atoms with van der Waals surface area (Å²) in [5.74, 6) is 0.760. The number of anilines is 1. The second-order valence-corrected chi connectivity index (χ2v) is 5.62. The van der Waals surface area contributed by atoms with Crippen LogP contribution in [0.3, 0.4) is 0 Å². The van der Waals surface area contributed by atoms with Crippen molar-refractivity contribution in [1.29, 1.82) is 0 Å². The van der Waals surface area contributed by atoms with E-state index in [0.717, 1.165) is 27.7 Å². The molecule has 2 aromatic rings. The Kier molecular flexibility index (Phi) is 3.13. The zero-order valence-electron chi connectivity index (χ0n) is 11.4. The molecule has 3 rings (SSSR count). The maximum atomic E-state index is 13.4. The van der Waals surface area contributed by atoms with E-state index >= 15 is 0 Å². The molecule has 1 aliphatic rings. The number of fused-ring (bicyclic) bond motifs is 1. The van der Waals surface area contributed by atoms with Crippen LogP contribution >= 0.6 is 11.6 Å². The van der Waals surface area contributed by atoms with Gasteiger partial charge in [-0.05, 0) is 30.9 Å². The van der Waals surface area contributed by atoms with Crippen LogP contribution in [0.2, 0.25) is 5.15 Å². The van der Waals surface area contributed by atoms with Crippen LogP contribution in [0.1, 0.15) is 19.4 Å². The molecule has 3 nitrogen and oxygen atoms in total. The molecule has 1 aliphatic heterocycles. The summed E-state index contributed by atoms with van der Waals surface area (Å²) in [7, 11) is 0. The van der Waals surface area contributed by atoms with E-state index in [1.165, 1.54) is 0 Å². The zero-order chi connectivity index (χ0) is 14.4. The van der Waals surface area contributed by atoms with E-state index in [-0.39, 0.29) is 6.04 Å². The molecular formula is C15H15ClFN3. The minimum absolute atomic E-state index is 0.156. The number of rotatable bonds is 2. The van der Waals surface area contributed by atoms with Crippen LogP contribution in [0.15, 0.2) is 25.0 Å². The van der Waals surface area contributed by atoms with Gasteiger partial charge >= 0.3 is 0 Å². The minimum Gasteiger partial charge on any atom is -0.347 e. The number of nitrogens with zero attached hydrogens (tertiary/aromatic N) is 3. The molecular weight excluding hydrogens is 277 g/mol. The van der Waals surface area contributed by atoms with E-state index in [4.69, 9.17) is 11.6 Å². The highest BCUT2D eigenvalue weighted by atomic mass is 35.5. The lowest BCUT2D eigenvalue weighted by atomic mass is 9.99. The molecule has 0 bridgehead atoms. The van der Waals surface area contributed by atoms with Crippen molar-refractivity contribution in [2.45, 2.75) is 26.1 Å². The summed E-state index contributed by atoms with van der Waals surface area (Å²) >= 11 is 5.99. The smallest absolute Gasteiger partial charge is 0.138 e. The Morgan fingerprint density at radius 3 is 2.75 bits per heavy atom. The van der Waals surface area contributed by atoms with Gasteiger partial charge in [-0.1, -0.05) is 18.2 Å². The van der Waals surface area contributed by atoms with Crippen molar-refractivity contribution < 1.29 is 4.39 Å². The molecule has 0 aromatic carbocycles. The third-order valence-corrected chi connectivity index (χ3v) is 4.04. The highest BCUT2D eigenvalue weighted by Gasteiger charge is 2.37. The zero-order valence-corrected chi connectivity index (χ0v) is 12.2. The quantitative estimate of drug-likeness (QED) is 0.787. The van der Waals surface area contributed by atoms with Crippen molar-refractivity contribution in [1.82, 2.24) is 9.97 Å². The number of halogens is 2. The lowest BCUT2D eigenvalue weighted by molar-refractivity contribution is 0.212. The summed E-state index contributed by atoms with van der Waals surface area (Å²) in [6.45, 7) is 8.12. The first-order chi connectivity index (χ1) is 9.49. The second kappa shape index (κ2) is 4.70. The van der Waals surface area contributed by atoms with Crippen LogP contribution in [0.5, 0.6) is 0 Å². The standard InChI is InChI=1S/C15H15ClFN3/c1-8(2)11-5-19-15(20-7-13(17)9(20)3)12-6-18-14(16)4-10(11)12/h4-6,9,13H,1,7H2,2-3H3/t9-,13-/m1/s1. The van der Waals surface area contributed by atoms with Crippen LogP contribution in [0.4, 0.5) is 10.2 Å². The number of hydrogen-bond acceptors (Lipinski definition) is 3. The van der Waals surface area contributed by atoms with E-state index in [1.54, 1.807) is 12.4 Å². The van der Waals surface area contributed by atoms with Crippen LogP contribution in [-0.2, 0) is 0 Å². The van der Waals surface area contributed by atoms with E-state index in [2.05, 4.69) is 16.5 Å². The Bertz CT molecular complexity index is 701. The maximum Gasteiger partial charge on any atom is 0.138 e. The van der Waals surface area contributed by atoms with Gasteiger partial charge < -0.3 is 4.90 Å². The summed E-state index contributed by atoms with van der Waals surface area (Å²) in [6, 6.07) is 1.65. The van der Waals surface area contributed by atoms with E-state index in [0.29, 0.717) is 11.7 Å². The molecule has 0 N–H and O–H groups in total. The molecule has 20 heavy (non-hydrogen) atoms. The Hall–Kier alpha value is -1.68. The van der Waals surface area contributed by atoms with Crippen molar-refractivity contribution >= 4 is 33.8 Å². The largest absolute Gasteiger partial charge is 0.347 e. The molecule has 1 fully saturated rings. The number of aromatic nitrogens is 2. The highest BCUT2D eigenvalue weighted by molar-refractivity contribution is 6.30. The monoisotopic (exact) mass is 291 g/mol. The number of hydrogen-bond donors (Lipinski definition) is 0. The Morgan fingerprint density at radius 1 is 1.40 bits per heavy atom. The molecule has 0 aliphatic carbocycles. The fourth-order valence-corrected chi connectivity index (χ4v) is 2.67. The molecule has 0 unspecified atom stereocenters. The van der Waals surface area contributed by atoms with Crippen LogP contribution in [0.25, 0.3) is 16.3 Å². The number of allylic oxidation sites excluding steroid dienone is 1. The van der Waals surface area contributed by atoms with Crippen LogP contribution in [-0.4, -0.2) is 28.7 Å². The van der Waals surface area contributed by atoms with Crippen LogP contribution < -0.4 is 4.90 Å². The normalized spacial score (nSPS) is 21.9. The van der Waals surface area contributed by atoms with Crippen molar-refractivity contribution in [3.05, 3.63) is 35.8 Å². The molecule has 104 valence electrons. The van der Waals surface area contributed by atoms with Gasteiger partial charge in [0.25, 0.3) is 0 Å². The Balaban J connectivity index is 2.20. The Morgan fingerprint density at radius 2 is 2.15 bits per heavy atom. The van der Waals surface area contributed by atoms with Gasteiger partial charge in [0.2, 0.25) is 0 Å². The van der Waals surface area contributed by atoms with Gasteiger partial charge in [-0.2, -0.15) is 0 Å².